The van der Waals surface area contributed by atoms with Gasteiger partial charge in [-0.15, -0.1) is 5.10 Å². The monoisotopic (exact) mass is 415 g/mol. The smallest absolute Gasteiger partial charge is 0.132 e. The maximum absolute atomic E-state index is 9.44. The Balaban J connectivity index is 1.70. The summed E-state index contributed by atoms with van der Waals surface area (Å²) in [7, 11) is 0. The summed E-state index contributed by atoms with van der Waals surface area (Å²) in [5, 5.41) is 19.0. The molecule has 31 heavy (non-hydrogen) atoms. The number of pyridine rings is 1. The van der Waals surface area contributed by atoms with Crippen molar-refractivity contribution in [3.05, 3.63) is 47.7 Å². The summed E-state index contributed by atoms with van der Waals surface area (Å²) in [5.41, 5.74) is 4.31. The van der Waals surface area contributed by atoms with Gasteiger partial charge in [-0.1, -0.05) is 19.1 Å². The third-order valence-corrected chi connectivity index (χ3v) is 5.99. The number of aromatic nitrogens is 6. The molecule has 0 spiro atoms. The lowest BCUT2D eigenvalue weighted by molar-refractivity contribution is 0.00619. The SMILES string of the molecule is CC(C)c1cn(Cc2nc3cnc4ccc(C#N)cc4c3n2C2CCO[C@H](C)C2)nn1. The largest absolute Gasteiger partial charge is 0.378 e. The quantitative estimate of drug-likeness (QED) is 0.501. The van der Waals surface area contributed by atoms with Gasteiger partial charge in [0.15, 0.2) is 0 Å². The van der Waals surface area contributed by atoms with Crippen LogP contribution in [-0.2, 0) is 11.3 Å². The molecular weight excluding hydrogens is 390 g/mol. The Morgan fingerprint density at radius 1 is 1.29 bits per heavy atom. The zero-order chi connectivity index (χ0) is 21.5. The summed E-state index contributed by atoms with van der Waals surface area (Å²) in [6, 6.07) is 8.14. The van der Waals surface area contributed by atoms with E-state index in [1.54, 1.807) is 0 Å². The minimum Gasteiger partial charge on any atom is -0.378 e. The topological polar surface area (TPSA) is 94.4 Å². The predicted octanol–water partition coefficient (Wildman–Crippen LogP) is 3.96. The molecule has 0 amide bonds. The Morgan fingerprint density at radius 3 is 2.90 bits per heavy atom. The summed E-state index contributed by atoms with van der Waals surface area (Å²) in [5.74, 6) is 1.24. The second-order valence-corrected chi connectivity index (χ2v) is 8.59. The molecule has 1 aromatic carbocycles. The van der Waals surface area contributed by atoms with Gasteiger partial charge in [-0.2, -0.15) is 5.26 Å². The van der Waals surface area contributed by atoms with Crippen LogP contribution >= 0.6 is 0 Å². The average Bonchev–Trinajstić information content (AvgIpc) is 3.38. The molecule has 0 bridgehead atoms. The molecule has 8 nitrogen and oxygen atoms in total. The van der Waals surface area contributed by atoms with Crippen LogP contribution in [-0.4, -0.2) is 42.2 Å². The standard InChI is InChI=1S/C23H25N7O/c1-14(2)21-12-29(28-27-21)13-22-26-20-11-25-19-5-4-16(10-24)9-18(19)23(20)30(22)17-6-7-31-15(3)8-17/h4-5,9,11-12,14-15,17H,6-8,13H2,1-3H3/t15-,17?/m1/s1. The van der Waals surface area contributed by atoms with Crippen molar-refractivity contribution in [2.75, 3.05) is 6.61 Å². The van der Waals surface area contributed by atoms with Crippen LogP contribution in [0.1, 0.15) is 62.7 Å². The number of benzene rings is 1. The van der Waals surface area contributed by atoms with E-state index in [4.69, 9.17) is 9.72 Å². The maximum atomic E-state index is 9.44. The van der Waals surface area contributed by atoms with E-state index in [0.29, 0.717) is 18.0 Å². The predicted molar refractivity (Wildman–Crippen MR) is 117 cm³/mol. The number of hydrogen-bond donors (Lipinski definition) is 0. The number of nitriles is 1. The molecule has 1 saturated heterocycles. The van der Waals surface area contributed by atoms with E-state index in [0.717, 1.165) is 52.9 Å². The first-order chi connectivity index (χ1) is 15.0. The van der Waals surface area contributed by atoms with Crippen molar-refractivity contribution in [3.63, 3.8) is 0 Å². The van der Waals surface area contributed by atoms with Gasteiger partial charge in [0.1, 0.15) is 17.9 Å². The Labute approximate surface area is 180 Å². The number of hydrogen-bond acceptors (Lipinski definition) is 6. The highest BCUT2D eigenvalue weighted by Crippen LogP contribution is 2.34. The molecule has 8 heteroatoms. The normalized spacial score (nSPS) is 19.3. The Bertz CT molecular complexity index is 1300. The van der Waals surface area contributed by atoms with Crippen LogP contribution in [0.25, 0.3) is 21.9 Å². The van der Waals surface area contributed by atoms with Gasteiger partial charge in [-0.25, -0.2) is 9.67 Å². The van der Waals surface area contributed by atoms with Crippen LogP contribution in [0.5, 0.6) is 0 Å². The van der Waals surface area contributed by atoms with Crippen LogP contribution in [0, 0.1) is 11.3 Å². The van der Waals surface area contributed by atoms with Gasteiger partial charge in [0, 0.05) is 24.2 Å². The van der Waals surface area contributed by atoms with E-state index >= 15 is 0 Å². The van der Waals surface area contributed by atoms with Crippen molar-refractivity contribution in [3.8, 4) is 6.07 Å². The number of fused-ring (bicyclic) bond motifs is 3. The number of rotatable bonds is 4. The lowest BCUT2D eigenvalue weighted by atomic mass is 10.0. The third-order valence-electron chi connectivity index (χ3n) is 5.99. The summed E-state index contributed by atoms with van der Waals surface area (Å²) < 4.78 is 10.00. The van der Waals surface area contributed by atoms with Gasteiger partial charge < -0.3 is 9.30 Å². The molecule has 0 saturated carbocycles. The Morgan fingerprint density at radius 2 is 2.16 bits per heavy atom. The van der Waals surface area contributed by atoms with Gasteiger partial charge in [0.25, 0.3) is 0 Å². The van der Waals surface area contributed by atoms with Gasteiger partial charge >= 0.3 is 0 Å². The molecule has 0 radical (unpaired) electrons. The van der Waals surface area contributed by atoms with E-state index < -0.39 is 0 Å². The van der Waals surface area contributed by atoms with Crippen molar-refractivity contribution in [2.24, 2.45) is 0 Å². The summed E-state index contributed by atoms with van der Waals surface area (Å²) >= 11 is 0. The fraction of sp³-hybridized carbons (Fsp3) is 0.435. The lowest BCUT2D eigenvalue weighted by Crippen LogP contribution is -2.27. The van der Waals surface area contributed by atoms with Crippen molar-refractivity contribution >= 4 is 21.9 Å². The average molecular weight is 416 g/mol. The van der Waals surface area contributed by atoms with Crippen molar-refractivity contribution < 1.29 is 4.74 Å². The fourth-order valence-corrected chi connectivity index (χ4v) is 4.41. The second kappa shape index (κ2) is 7.75. The van der Waals surface area contributed by atoms with Crippen LogP contribution < -0.4 is 0 Å². The summed E-state index contributed by atoms with van der Waals surface area (Å²) in [6.45, 7) is 7.58. The van der Waals surface area contributed by atoms with E-state index in [9.17, 15) is 5.26 Å². The third kappa shape index (κ3) is 3.55. The van der Waals surface area contributed by atoms with E-state index in [1.807, 2.05) is 35.3 Å². The summed E-state index contributed by atoms with van der Waals surface area (Å²) in [4.78, 5) is 9.54. The maximum Gasteiger partial charge on any atom is 0.132 e. The number of ether oxygens (including phenoxy) is 1. The molecule has 1 fully saturated rings. The zero-order valence-corrected chi connectivity index (χ0v) is 18.0. The first kappa shape index (κ1) is 19.6. The highest BCUT2D eigenvalue weighted by Gasteiger charge is 2.26. The zero-order valence-electron chi connectivity index (χ0n) is 18.0. The highest BCUT2D eigenvalue weighted by molar-refractivity contribution is 6.02. The van der Waals surface area contributed by atoms with Crippen molar-refractivity contribution in [2.45, 2.75) is 58.2 Å². The lowest BCUT2D eigenvalue weighted by Gasteiger charge is -2.30. The van der Waals surface area contributed by atoms with E-state index in [-0.39, 0.29) is 12.1 Å². The fourth-order valence-electron chi connectivity index (χ4n) is 4.41. The molecular formula is C23H25N7O. The molecule has 4 heterocycles. The van der Waals surface area contributed by atoms with E-state index in [1.165, 1.54) is 0 Å². The van der Waals surface area contributed by atoms with Gasteiger partial charge in [-0.3, -0.25) is 4.98 Å². The number of imidazole rings is 1. The molecule has 2 atom stereocenters. The van der Waals surface area contributed by atoms with Crippen LogP contribution in [0.3, 0.4) is 0 Å². The van der Waals surface area contributed by atoms with E-state index in [2.05, 4.69) is 46.7 Å². The van der Waals surface area contributed by atoms with Crippen molar-refractivity contribution in [1.82, 2.24) is 29.5 Å². The number of nitrogens with zero attached hydrogens (tertiary/aromatic N) is 7. The van der Waals surface area contributed by atoms with Crippen molar-refractivity contribution in [1.29, 1.82) is 5.26 Å². The molecule has 1 unspecified atom stereocenters. The second-order valence-electron chi connectivity index (χ2n) is 8.59. The van der Waals surface area contributed by atoms with Crippen LogP contribution in [0.4, 0.5) is 0 Å². The molecule has 4 aromatic rings. The molecule has 0 N–H and O–H groups in total. The highest BCUT2D eigenvalue weighted by atomic mass is 16.5. The Hall–Kier alpha value is -3.31. The van der Waals surface area contributed by atoms with Crippen LogP contribution in [0.15, 0.2) is 30.6 Å². The summed E-state index contributed by atoms with van der Waals surface area (Å²) in [6.07, 6.45) is 5.83. The first-order valence-corrected chi connectivity index (χ1v) is 10.7. The minimum absolute atomic E-state index is 0.186. The minimum atomic E-state index is 0.186. The molecule has 1 aliphatic rings. The molecule has 0 aliphatic carbocycles. The van der Waals surface area contributed by atoms with Gasteiger partial charge in [-0.05, 0) is 43.9 Å². The molecule has 1 aliphatic heterocycles. The molecule has 3 aromatic heterocycles. The van der Waals surface area contributed by atoms with Crippen LogP contribution in [0.2, 0.25) is 0 Å². The Kier molecular flexibility index (Phi) is 4.91. The molecule has 5 rings (SSSR count). The van der Waals surface area contributed by atoms with Gasteiger partial charge in [0.2, 0.25) is 0 Å². The molecule has 158 valence electrons. The van der Waals surface area contributed by atoms with Gasteiger partial charge in [0.05, 0.1) is 40.7 Å². The first-order valence-electron chi connectivity index (χ1n) is 10.7.